The third-order valence-electron chi connectivity index (χ3n) is 3.81. The van der Waals surface area contributed by atoms with Gasteiger partial charge in [-0.2, -0.15) is 0 Å². The topological polar surface area (TPSA) is 62.5 Å². The molecule has 23 heavy (non-hydrogen) atoms. The second-order valence-corrected chi connectivity index (χ2v) is 5.63. The summed E-state index contributed by atoms with van der Waals surface area (Å²) in [6.45, 7) is 11.0. The predicted octanol–water partition coefficient (Wildman–Crippen LogP) is 4.13. The molecule has 6 heteroatoms. The molecule has 1 aromatic heterocycles. The molecule has 5 nitrogen and oxygen atoms in total. The van der Waals surface area contributed by atoms with E-state index in [-0.39, 0.29) is 24.0 Å². The summed E-state index contributed by atoms with van der Waals surface area (Å²) in [5.74, 6) is 2.37. The van der Waals surface area contributed by atoms with Gasteiger partial charge in [-0.3, -0.25) is 0 Å². The molecule has 0 saturated heterocycles. The van der Waals surface area contributed by atoms with E-state index >= 15 is 0 Å². The Labute approximate surface area is 158 Å². The van der Waals surface area contributed by atoms with Crippen molar-refractivity contribution in [2.45, 2.75) is 66.3 Å². The van der Waals surface area contributed by atoms with E-state index in [1.807, 2.05) is 6.07 Å². The van der Waals surface area contributed by atoms with Crippen molar-refractivity contribution in [2.24, 2.45) is 10.9 Å². The summed E-state index contributed by atoms with van der Waals surface area (Å²) in [5.41, 5.74) is 0.980. The molecule has 0 saturated carbocycles. The highest BCUT2D eigenvalue weighted by Gasteiger charge is 2.07. The Morgan fingerprint density at radius 2 is 2.04 bits per heavy atom. The van der Waals surface area contributed by atoms with E-state index in [1.54, 1.807) is 0 Å². The molecule has 1 atom stereocenters. The molecule has 134 valence electrons. The van der Waals surface area contributed by atoms with Crippen LogP contribution in [0.3, 0.4) is 0 Å². The van der Waals surface area contributed by atoms with Gasteiger partial charge in [0.15, 0.2) is 11.7 Å². The number of aryl methyl sites for hydroxylation is 1. The van der Waals surface area contributed by atoms with Gasteiger partial charge in [-0.05, 0) is 25.7 Å². The molecule has 1 unspecified atom stereocenters. The minimum absolute atomic E-state index is 0. The number of nitrogens with one attached hydrogen (secondary N) is 2. The van der Waals surface area contributed by atoms with Crippen LogP contribution in [0.4, 0.5) is 0 Å². The van der Waals surface area contributed by atoms with Gasteiger partial charge in [0.05, 0.1) is 5.69 Å². The average molecular weight is 436 g/mol. The van der Waals surface area contributed by atoms with Gasteiger partial charge in [0.1, 0.15) is 6.54 Å². The number of nitrogens with zero attached hydrogens (tertiary/aromatic N) is 2. The highest BCUT2D eigenvalue weighted by Crippen LogP contribution is 2.11. The molecule has 0 spiro atoms. The van der Waals surface area contributed by atoms with Crippen LogP contribution in [0, 0.1) is 5.92 Å². The Morgan fingerprint density at radius 1 is 1.26 bits per heavy atom. The van der Waals surface area contributed by atoms with Crippen molar-refractivity contribution in [3.05, 3.63) is 17.5 Å². The van der Waals surface area contributed by atoms with Crippen molar-refractivity contribution in [2.75, 3.05) is 13.1 Å². The van der Waals surface area contributed by atoms with E-state index < -0.39 is 0 Å². The zero-order valence-corrected chi connectivity index (χ0v) is 17.4. The highest BCUT2D eigenvalue weighted by molar-refractivity contribution is 14.0. The molecule has 1 heterocycles. The van der Waals surface area contributed by atoms with Crippen LogP contribution in [0.25, 0.3) is 0 Å². The van der Waals surface area contributed by atoms with Crippen LogP contribution in [0.1, 0.15) is 64.8 Å². The van der Waals surface area contributed by atoms with Crippen LogP contribution < -0.4 is 10.6 Å². The van der Waals surface area contributed by atoms with Gasteiger partial charge in [-0.25, -0.2) is 4.99 Å². The van der Waals surface area contributed by atoms with E-state index in [0.717, 1.165) is 36.9 Å². The van der Waals surface area contributed by atoms with E-state index in [0.29, 0.717) is 12.5 Å². The summed E-state index contributed by atoms with van der Waals surface area (Å²) in [4.78, 5) is 4.58. The maximum Gasteiger partial charge on any atom is 0.191 e. The first-order valence-electron chi connectivity index (χ1n) is 8.69. The number of guanidine groups is 1. The number of halogens is 1. The Morgan fingerprint density at radius 3 is 2.61 bits per heavy atom. The third kappa shape index (κ3) is 9.17. The normalized spacial score (nSPS) is 12.6. The fraction of sp³-hybridized carbons (Fsp3) is 0.765. The average Bonchev–Trinajstić information content (AvgIpc) is 3.00. The van der Waals surface area contributed by atoms with Crippen molar-refractivity contribution in [3.63, 3.8) is 0 Å². The first-order chi connectivity index (χ1) is 10.7. The summed E-state index contributed by atoms with van der Waals surface area (Å²) < 4.78 is 5.27. The number of unbranched alkanes of at least 4 members (excludes halogenated alkanes) is 1. The van der Waals surface area contributed by atoms with Gasteiger partial charge in [0.2, 0.25) is 0 Å². The number of aliphatic imine (C=N–C) groups is 1. The summed E-state index contributed by atoms with van der Waals surface area (Å²) >= 11 is 0. The van der Waals surface area contributed by atoms with Crippen LogP contribution in [-0.2, 0) is 13.0 Å². The second kappa shape index (κ2) is 13.6. The predicted molar refractivity (Wildman–Crippen MR) is 107 cm³/mol. The molecule has 1 aromatic rings. The maximum atomic E-state index is 5.27. The van der Waals surface area contributed by atoms with Crippen molar-refractivity contribution in [1.82, 2.24) is 15.8 Å². The van der Waals surface area contributed by atoms with Crippen molar-refractivity contribution in [1.29, 1.82) is 0 Å². The molecule has 0 aliphatic heterocycles. The van der Waals surface area contributed by atoms with Crippen LogP contribution in [0.15, 0.2) is 15.6 Å². The largest absolute Gasteiger partial charge is 0.359 e. The van der Waals surface area contributed by atoms with Gasteiger partial charge >= 0.3 is 0 Å². The smallest absolute Gasteiger partial charge is 0.191 e. The van der Waals surface area contributed by atoms with Crippen molar-refractivity contribution >= 4 is 29.9 Å². The molecular weight excluding hydrogens is 403 g/mol. The summed E-state index contributed by atoms with van der Waals surface area (Å²) in [6.07, 6.45) is 5.93. The van der Waals surface area contributed by atoms with E-state index in [4.69, 9.17) is 4.52 Å². The van der Waals surface area contributed by atoms with Gasteiger partial charge in [0.25, 0.3) is 0 Å². The summed E-state index contributed by atoms with van der Waals surface area (Å²) in [5, 5.41) is 10.7. The lowest BCUT2D eigenvalue weighted by atomic mass is 9.99. The molecule has 0 fully saturated rings. The maximum absolute atomic E-state index is 5.27. The van der Waals surface area contributed by atoms with E-state index in [1.165, 1.54) is 25.7 Å². The molecule has 2 N–H and O–H groups in total. The molecule has 0 radical (unpaired) electrons. The lowest BCUT2D eigenvalue weighted by Gasteiger charge is -2.17. The Hall–Kier alpha value is -0.790. The lowest BCUT2D eigenvalue weighted by molar-refractivity contribution is 0.379. The van der Waals surface area contributed by atoms with Crippen LogP contribution >= 0.6 is 24.0 Å². The zero-order valence-electron chi connectivity index (χ0n) is 15.0. The lowest BCUT2D eigenvalue weighted by Crippen LogP contribution is -2.39. The molecule has 0 bridgehead atoms. The summed E-state index contributed by atoms with van der Waals surface area (Å²) in [6, 6.07) is 1.98. The minimum Gasteiger partial charge on any atom is -0.359 e. The SMILES string of the molecule is CCCCC(CC)CNC(=NCc1cc(CC)no1)NCC.I. The standard InChI is InChI=1S/C17H32N4O.HI/c1-5-9-10-14(6-2)12-19-17(18-8-4)20-13-16-11-15(7-3)21-22-16;/h11,14H,5-10,12-13H2,1-4H3,(H2,18,19,20);1H. The van der Waals surface area contributed by atoms with Gasteiger partial charge in [-0.15, -0.1) is 24.0 Å². The van der Waals surface area contributed by atoms with Gasteiger partial charge in [-0.1, -0.05) is 45.2 Å². The third-order valence-corrected chi connectivity index (χ3v) is 3.81. The quantitative estimate of drug-likeness (QED) is 0.329. The monoisotopic (exact) mass is 436 g/mol. The fourth-order valence-electron chi connectivity index (χ4n) is 2.28. The first kappa shape index (κ1) is 22.2. The molecular formula is C17H33IN4O. The Bertz CT molecular complexity index is 434. The first-order valence-corrected chi connectivity index (χ1v) is 8.69. The number of hydrogen-bond acceptors (Lipinski definition) is 3. The number of aromatic nitrogens is 1. The van der Waals surface area contributed by atoms with Crippen molar-refractivity contribution < 1.29 is 4.52 Å². The molecule has 0 aliphatic rings. The fourth-order valence-corrected chi connectivity index (χ4v) is 2.28. The van der Waals surface area contributed by atoms with Crippen LogP contribution in [0.2, 0.25) is 0 Å². The zero-order chi connectivity index (χ0) is 16.2. The number of rotatable bonds is 10. The molecule has 0 aliphatic carbocycles. The van der Waals surface area contributed by atoms with E-state index in [2.05, 4.69) is 48.5 Å². The Balaban J connectivity index is 0.00000484. The second-order valence-electron chi connectivity index (χ2n) is 5.63. The highest BCUT2D eigenvalue weighted by atomic mass is 127. The molecule has 0 aromatic carbocycles. The van der Waals surface area contributed by atoms with Crippen molar-refractivity contribution in [3.8, 4) is 0 Å². The van der Waals surface area contributed by atoms with E-state index in [9.17, 15) is 0 Å². The summed E-state index contributed by atoms with van der Waals surface area (Å²) in [7, 11) is 0. The molecule has 1 rings (SSSR count). The van der Waals surface area contributed by atoms with Gasteiger partial charge < -0.3 is 15.2 Å². The van der Waals surface area contributed by atoms with Gasteiger partial charge in [0, 0.05) is 19.2 Å². The Kier molecular flexibility index (Phi) is 13.2. The van der Waals surface area contributed by atoms with Crippen LogP contribution in [0.5, 0.6) is 0 Å². The number of hydrogen-bond donors (Lipinski definition) is 2. The van der Waals surface area contributed by atoms with Crippen LogP contribution in [-0.4, -0.2) is 24.2 Å². The minimum atomic E-state index is 0. The molecule has 0 amide bonds.